The normalized spacial score (nSPS) is 11.9. The van der Waals surface area contributed by atoms with Crippen LogP contribution in [0.3, 0.4) is 0 Å². The zero-order valence-corrected chi connectivity index (χ0v) is 11.8. The number of hydrogen-bond acceptors (Lipinski definition) is 5. The molecule has 5 heteroatoms. The van der Waals surface area contributed by atoms with Crippen molar-refractivity contribution in [3.05, 3.63) is 34.1 Å². The first-order valence-electron chi connectivity index (χ1n) is 6.13. The smallest absolute Gasteiger partial charge is 0.231 e. The average molecular weight is 266 g/mol. The number of methoxy groups -OCH3 is 1. The Bertz CT molecular complexity index is 467. The van der Waals surface area contributed by atoms with E-state index in [2.05, 4.69) is 35.4 Å². The molecule has 0 spiro atoms. The average Bonchev–Trinajstić information content (AvgIpc) is 3.05. The summed E-state index contributed by atoms with van der Waals surface area (Å²) in [5.41, 5.74) is 0.780. The van der Waals surface area contributed by atoms with Crippen molar-refractivity contribution < 1.29 is 9.26 Å². The maximum Gasteiger partial charge on any atom is 0.231 e. The van der Waals surface area contributed by atoms with Crippen molar-refractivity contribution in [3.63, 3.8) is 0 Å². The molecule has 0 radical (unpaired) electrons. The number of nitrogens with zero attached hydrogens (tertiary/aromatic N) is 2. The highest BCUT2D eigenvalue weighted by Crippen LogP contribution is 2.30. The molecule has 98 valence electrons. The van der Waals surface area contributed by atoms with Crippen LogP contribution in [-0.4, -0.2) is 17.3 Å². The SMILES string of the molecule is CCC(CC)(OC)c1noc(Cc2ccsc2)n1. The van der Waals surface area contributed by atoms with E-state index in [1.54, 1.807) is 18.4 Å². The Morgan fingerprint density at radius 3 is 2.72 bits per heavy atom. The molecule has 2 aromatic heterocycles. The van der Waals surface area contributed by atoms with Gasteiger partial charge in [-0.3, -0.25) is 0 Å². The molecule has 0 bridgehead atoms. The summed E-state index contributed by atoms with van der Waals surface area (Å²) < 4.78 is 10.9. The van der Waals surface area contributed by atoms with Crippen LogP contribution in [0.5, 0.6) is 0 Å². The van der Waals surface area contributed by atoms with Crippen LogP contribution >= 0.6 is 11.3 Å². The Hall–Kier alpha value is -1.20. The number of rotatable bonds is 6. The van der Waals surface area contributed by atoms with E-state index in [1.807, 2.05) is 5.38 Å². The Labute approximate surface area is 111 Å². The van der Waals surface area contributed by atoms with Gasteiger partial charge in [0.25, 0.3) is 0 Å². The number of hydrogen-bond donors (Lipinski definition) is 0. The summed E-state index contributed by atoms with van der Waals surface area (Å²) in [6.07, 6.45) is 2.35. The fourth-order valence-corrected chi connectivity index (χ4v) is 2.69. The summed E-state index contributed by atoms with van der Waals surface area (Å²) in [5, 5.41) is 8.21. The highest BCUT2D eigenvalue weighted by Gasteiger charge is 2.33. The summed E-state index contributed by atoms with van der Waals surface area (Å²) >= 11 is 1.67. The molecule has 0 atom stereocenters. The second kappa shape index (κ2) is 5.63. The molecular formula is C13H18N2O2S. The summed E-state index contributed by atoms with van der Waals surface area (Å²) in [7, 11) is 1.70. The van der Waals surface area contributed by atoms with Crippen molar-refractivity contribution in [1.29, 1.82) is 0 Å². The molecule has 0 N–H and O–H groups in total. The van der Waals surface area contributed by atoms with Gasteiger partial charge in [-0.15, -0.1) is 0 Å². The first-order valence-corrected chi connectivity index (χ1v) is 7.07. The van der Waals surface area contributed by atoms with Crippen LogP contribution in [0.25, 0.3) is 0 Å². The van der Waals surface area contributed by atoms with Gasteiger partial charge < -0.3 is 9.26 Å². The zero-order chi connectivity index (χ0) is 13.0. The molecule has 0 amide bonds. The van der Waals surface area contributed by atoms with Crippen molar-refractivity contribution in [2.24, 2.45) is 0 Å². The Kier molecular flexibility index (Phi) is 4.14. The number of ether oxygens (including phenoxy) is 1. The molecule has 0 aromatic carbocycles. The van der Waals surface area contributed by atoms with E-state index in [4.69, 9.17) is 9.26 Å². The molecule has 0 saturated carbocycles. The van der Waals surface area contributed by atoms with Crippen molar-refractivity contribution in [3.8, 4) is 0 Å². The lowest BCUT2D eigenvalue weighted by Crippen LogP contribution is -2.28. The topological polar surface area (TPSA) is 48.2 Å². The van der Waals surface area contributed by atoms with Gasteiger partial charge in [-0.1, -0.05) is 19.0 Å². The van der Waals surface area contributed by atoms with Gasteiger partial charge in [-0.2, -0.15) is 16.3 Å². The van der Waals surface area contributed by atoms with E-state index >= 15 is 0 Å². The highest BCUT2D eigenvalue weighted by atomic mass is 32.1. The summed E-state index contributed by atoms with van der Waals surface area (Å²) in [6.45, 7) is 4.14. The van der Waals surface area contributed by atoms with Gasteiger partial charge in [0.2, 0.25) is 11.7 Å². The first kappa shape index (κ1) is 13.2. The largest absolute Gasteiger partial charge is 0.370 e. The molecular weight excluding hydrogens is 248 g/mol. The van der Waals surface area contributed by atoms with Crippen LogP contribution in [0.4, 0.5) is 0 Å². The Morgan fingerprint density at radius 2 is 2.17 bits per heavy atom. The van der Waals surface area contributed by atoms with Crippen LogP contribution in [0, 0.1) is 0 Å². The minimum absolute atomic E-state index is 0.420. The van der Waals surface area contributed by atoms with Gasteiger partial charge in [0.1, 0.15) is 5.60 Å². The van der Waals surface area contributed by atoms with Gasteiger partial charge in [-0.25, -0.2) is 0 Å². The standard InChI is InChI=1S/C13H18N2O2S/c1-4-13(5-2,16-3)12-14-11(17-15-12)8-10-6-7-18-9-10/h6-7,9H,4-5,8H2,1-3H3. The molecule has 0 fully saturated rings. The van der Waals surface area contributed by atoms with Crippen LogP contribution in [0.15, 0.2) is 21.3 Å². The second-order valence-electron chi connectivity index (χ2n) is 4.23. The minimum atomic E-state index is -0.420. The highest BCUT2D eigenvalue weighted by molar-refractivity contribution is 7.07. The van der Waals surface area contributed by atoms with Crippen LogP contribution < -0.4 is 0 Å². The molecule has 4 nitrogen and oxygen atoms in total. The van der Waals surface area contributed by atoms with Crippen molar-refractivity contribution in [2.45, 2.75) is 38.7 Å². The van der Waals surface area contributed by atoms with Crippen molar-refractivity contribution in [1.82, 2.24) is 10.1 Å². The molecule has 0 aliphatic carbocycles. The fourth-order valence-electron chi connectivity index (χ4n) is 2.03. The summed E-state index contributed by atoms with van der Waals surface area (Å²) in [6, 6.07) is 2.07. The van der Waals surface area contributed by atoms with E-state index in [1.165, 1.54) is 5.56 Å². The quantitative estimate of drug-likeness (QED) is 0.804. The maximum absolute atomic E-state index is 5.59. The number of aromatic nitrogens is 2. The van der Waals surface area contributed by atoms with Gasteiger partial charge in [-0.05, 0) is 35.2 Å². The van der Waals surface area contributed by atoms with E-state index in [0.717, 1.165) is 12.8 Å². The predicted octanol–water partition coefficient (Wildman–Crippen LogP) is 3.38. The minimum Gasteiger partial charge on any atom is -0.370 e. The molecule has 0 saturated heterocycles. The van der Waals surface area contributed by atoms with Crippen LogP contribution in [-0.2, 0) is 16.8 Å². The lowest BCUT2D eigenvalue weighted by atomic mass is 9.96. The third-order valence-corrected chi connectivity index (χ3v) is 4.08. The predicted molar refractivity (Wildman–Crippen MR) is 70.7 cm³/mol. The lowest BCUT2D eigenvalue weighted by molar-refractivity contribution is -0.0306. The Balaban J connectivity index is 2.19. The third-order valence-electron chi connectivity index (χ3n) is 3.34. The lowest BCUT2D eigenvalue weighted by Gasteiger charge is -2.25. The molecule has 0 unspecified atom stereocenters. The molecule has 0 aliphatic heterocycles. The van der Waals surface area contributed by atoms with Gasteiger partial charge >= 0.3 is 0 Å². The van der Waals surface area contributed by atoms with Gasteiger partial charge in [0.15, 0.2) is 0 Å². The van der Waals surface area contributed by atoms with Gasteiger partial charge in [0.05, 0.1) is 6.42 Å². The van der Waals surface area contributed by atoms with Crippen LogP contribution in [0.1, 0.15) is 44.0 Å². The van der Waals surface area contributed by atoms with Crippen molar-refractivity contribution >= 4 is 11.3 Å². The van der Waals surface area contributed by atoms with E-state index in [0.29, 0.717) is 18.1 Å². The van der Waals surface area contributed by atoms with Gasteiger partial charge in [0, 0.05) is 7.11 Å². The maximum atomic E-state index is 5.59. The zero-order valence-electron chi connectivity index (χ0n) is 11.0. The molecule has 2 aromatic rings. The molecule has 18 heavy (non-hydrogen) atoms. The van der Waals surface area contributed by atoms with E-state index < -0.39 is 5.60 Å². The van der Waals surface area contributed by atoms with Crippen molar-refractivity contribution in [2.75, 3.05) is 7.11 Å². The van der Waals surface area contributed by atoms with E-state index in [-0.39, 0.29) is 0 Å². The monoisotopic (exact) mass is 266 g/mol. The third kappa shape index (κ3) is 2.47. The Morgan fingerprint density at radius 1 is 1.39 bits per heavy atom. The molecule has 2 rings (SSSR count). The summed E-state index contributed by atoms with van der Waals surface area (Å²) in [5.74, 6) is 1.30. The van der Waals surface area contributed by atoms with Crippen LogP contribution in [0.2, 0.25) is 0 Å². The number of thiophene rings is 1. The second-order valence-corrected chi connectivity index (χ2v) is 5.01. The molecule has 2 heterocycles. The summed E-state index contributed by atoms with van der Waals surface area (Å²) in [4.78, 5) is 4.47. The fraction of sp³-hybridized carbons (Fsp3) is 0.538. The molecule has 0 aliphatic rings. The van der Waals surface area contributed by atoms with E-state index in [9.17, 15) is 0 Å². The first-order chi connectivity index (χ1) is 8.74.